The van der Waals surface area contributed by atoms with Gasteiger partial charge in [-0.05, 0) is 55.2 Å². The molecule has 2 amide bonds. The van der Waals surface area contributed by atoms with Crippen LogP contribution in [0.1, 0.15) is 30.9 Å². The van der Waals surface area contributed by atoms with Gasteiger partial charge in [0.1, 0.15) is 11.5 Å². The summed E-state index contributed by atoms with van der Waals surface area (Å²) in [6, 6.07) is 15.3. The molecule has 6 heteroatoms. The smallest absolute Gasteiger partial charge is 0.260 e. The number of methoxy groups -OCH3 is 1. The van der Waals surface area contributed by atoms with Crippen LogP contribution in [0, 0.1) is 12.3 Å². The van der Waals surface area contributed by atoms with Crippen molar-refractivity contribution in [3.63, 3.8) is 0 Å². The molecule has 0 radical (unpaired) electrons. The fourth-order valence-corrected chi connectivity index (χ4v) is 3.56. The first-order chi connectivity index (χ1) is 14.4. The summed E-state index contributed by atoms with van der Waals surface area (Å²) in [5.41, 5.74) is 1.64. The molecule has 1 fully saturated rings. The molecule has 1 saturated heterocycles. The van der Waals surface area contributed by atoms with Crippen molar-refractivity contribution in [2.75, 3.05) is 26.8 Å². The molecule has 2 aromatic carbocycles. The minimum absolute atomic E-state index is 0.0177. The van der Waals surface area contributed by atoms with Crippen molar-refractivity contribution in [2.45, 2.75) is 33.2 Å². The Hall–Kier alpha value is -3.02. The Balaban J connectivity index is 1.45. The summed E-state index contributed by atoms with van der Waals surface area (Å²) in [6.45, 7) is 5.57. The lowest BCUT2D eigenvalue weighted by molar-refractivity contribution is -0.141. The molecular weight excluding hydrogens is 380 g/mol. The summed E-state index contributed by atoms with van der Waals surface area (Å²) in [6.07, 6.45) is 1.27. The number of hydrogen-bond acceptors (Lipinski definition) is 4. The van der Waals surface area contributed by atoms with Crippen molar-refractivity contribution in [1.29, 1.82) is 0 Å². The summed E-state index contributed by atoms with van der Waals surface area (Å²) in [7, 11) is 1.63. The number of carbonyl (C=O) groups excluding carboxylic acids is 2. The zero-order chi connectivity index (χ0) is 21.6. The third-order valence-corrected chi connectivity index (χ3v) is 5.73. The minimum atomic E-state index is -0.472. The Morgan fingerprint density at radius 3 is 2.40 bits per heavy atom. The highest BCUT2D eigenvalue weighted by Crippen LogP contribution is 2.31. The van der Waals surface area contributed by atoms with E-state index in [1.807, 2.05) is 62.4 Å². The minimum Gasteiger partial charge on any atom is -0.497 e. The zero-order valence-electron chi connectivity index (χ0n) is 17.9. The topological polar surface area (TPSA) is 67.9 Å². The number of nitrogens with one attached hydrogen (secondary N) is 1. The van der Waals surface area contributed by atoms with Gasteiger partial charge >= 0.3 is 0 Å². The maximum atomic E-state index is 12.8. The van der Waals surface area contributed by atoms with Gasteiger partial charge in [0.25, 0.3) is 5.91 Å². The van der Waals surface area contributed by atoms with Crippen LogP contribution in [0.2, 0.25) is 0 Å². The first kappa shape index (κ1) is 21.7. The second kappa shape index (κ2) is 9.65. The van der Waals surface area contributed by atoms with Crippen LogP contribution >= 0.6 is 0 Å². The van der Waals surface area contributed by atoms with Gasteiger partial charge in [0.05, 0.1) is 7.11 Å². The number of benzene rings is 2. The molecule has 0 spiro atoms. The van der Waals surface area contributed by atoms with Crippen LogP contribution in [-0.2, 0) is 16.1 Å². The van der Waals surface area contributed by atoms with Gasteiger partial charge in [0, 0.05) is 25.0 Å². The molecule has 0 atom stereocenters. The highest BCUT2D eigenvalue weighted by atomic mass is 16.5. The van der Waals surface area contributed by atoms with Gasteiger partial charge in [-0.25, -0.2) is 0 Å². The first-order valence-corrected chi connectivity index (χ1v) is 10.3. The normalized spacial score (nSPS) is 15.4. The van der Waals surface area contributed by atoms with E-state index in [2.05, 4.69) is 5.32 Å². The van der Waals surface area contributed by atoms with Crippen LogP contribution in [0.4, 0.5) is 0 Å². The SMILES string of the molecule is COc1ccc(CNC(=O)C2(C)CCN(C(=O)COc3cccc(C)c3)CC2)cc1. The average Bonchev–Trinajstić information content (AvgIpc) is 2.76. The van der Waals surface area contributed by atoms with E-state index in [1.54, 1.807) is 12.0 Å². The van der Waals surface area contributed by atoms with Crippen LogP contribution in [0.25, 0.3) is 0 Å². The van der Waals surface area contributed by atoms with E-state index in [-0.39, 0.29) is 18.4 Å². The molecule has 0 saturated carbocycles. The number of rotatable bonds is 7. The van der Waals surface area contributed by atoms with Gasteiger partial charge in [-0.15, -0.1) is 0 Å². The lowest BCUT2D eigenvalue weighted by Crippen LogP contribution is -2.49. The Morgan fingerprint density at radius 2 is 1.77 bits per heavy atom. The molecule has 0 aliphatic carbocycles. The number of ether oxygens (including phenoxy) is 2. The highest BCUT2D eigenvalue weighted by Gasteiger charge is 2.37. The molecule has 160 valence electrons. The van der Waals surface area contributed by atoms with Crippen molar-refractivity contribution in [3.8, 4) is 11.5 Å². The molecule has 1 aliphatic heterocycles. The molecule has 1 aliphatic rings. The quantitative estimate of drug-likeness (QED) is 0.760. The fourth-order valence-electron chi connectivity index (χ4n) is 3.56. The number of nitrogens with zero attached hydrogens (tertiary/aromatic N) is 1. The number of hydrogen-bond donors (Lipinski definition) is 1. The summed E-state index contributed by atoms with van der Waals surface area (Å²) in [4.78, 5) is 27.0. The second-order valence-electron chi connectivity index (χ2n) is 8.08. The van der Waals surface area contributed by atoms with Gasteiger partial charge in [-0.3, -0.25) is 9.59 Å². The molecule has 0 unspecified atom stereocenters. The molecule has 2 aromatic rings. The summed E-state index contributed by atoms with van der Waals surface area (Å²) < 4.78 is 10.8. The molecule has 30 heavy (non-hydrogen) atoms. The largest absolute Gasteiger partial charge is 0.497 e. The monoisotopic (exact) mass is 410 g/mol. The van der Waals surface area contributed by atoms with E-state index in [1.165, 1.54) is 0 Å². The van der Waals surface area contributed by atoms with Crippen molar-refractivity contribution in [2.24, 2.45) is 5.41 Å². The fraction of sp³-hybridized carbons (Fsp3) is 0.417. The number of aryl methyl sites for hydroxylation is 1. The third-order valence-electron chi connectivity index (χ3n) is 5.73. The van der Waals surface area contributed by atoms with E-state index in [0.29, 0.717) is 38.2 Å². The second-order valence-corrected chi connectivity index (χ2v) is 8.08. The molecule has 1 N–H and O–H groups in total. The predicted octanol–water partition coefficient (Wildman–Crippen LogP) is 3.33. The van der Waals surface area contributed by atoms with Crippen LogP contribution < -0.4 is 14.8 Å². The number of piperidine rings is 1. The van der Waals surface area contributed by atoms with Gasteiger partial charge in [-0.2, -0.15) is 0 Å². The molecule has 0 aromatic heterocycles. The van der Waals surface area contributed by atoms with E-state index in [4.69, 9.17) is 9.47 Å². The van der Waals surface area contributed by atoms with E-state index >= 15 is 0 Å². The Morgan fingerprint density at radius 1 is 1.07 bits per heavy atom. The predicted molar refractivity (Wildman–Crippen MR) is 115 cm³/mol. The highest BCUT2D eigenvalue weighted by molar-refractivity contribution is 5.83. The zero-order valence-corrected chi connectivity index (χ0v) is 17.9. The van der Waals surface area contributed by atoms with Crippen LogP contribution in [-0.4, -0.2) is 43.5 Å². The maximum Gasteiger partial charge on any atom is 0.260 e. The lowest BCUT2D eigenvalue weighted by atomic mass is 9.79. The number of likely N-dealkylation sites (tertiary alicyclic amines) is 1. The standard InChI is InChI=1S/C24H30N2O4/c1-18-5-4-6-21(15-18)30-17-22(27)26-13-11-24(2,12-14-26)23(28)25-16-19-7-9-20(29-3)10-8-19/h4-10,15H,11-14,16-17H2,1-3H3,(H,25,28). The molecule has 3 rings (SSSR count). The van der Waals surface area contributed by atoms with E-state index in [0.717, 1.165) is 16.9 Å². The van der Waals surface area contributed by atoms with Gasteiger partial charge in [0.15, 0.2) is 6.61 Å². The van der Waals surface area contributed by atoms with Crippen molar-refractivity contribution >= 4 is 11.8 Å². The van der Waals surface area contributed by atoms with Crippen LogP contribution in [0.5, 0.6) is 11.5 Å². The summed E-state index contributed by atoms with van der Waals surface area (Å²) in [5, 5.41) is 3.03. The van der Waals surface area contributed by atoms with E-state index in [9.17, 15) is 9.59 Å². The third kappa shape index (κ3) is 5.53. The van der Waals surface area contributed by atoms with Crippen LogP contribution in [0.3, 0.4) is 0 Å². The van der Waals surface area contributed by atoms with Gasteiger partial charge in [0.2, 0.25) is 5.91 Å². The summed E-state index contributed by atoms with van der Waals surface area (Å²) in [5.74, 6) is 1.47. The Labute approximate surface area is 178 Å². The van der Waals surface area contributed by atoms with Crippen molar-refractivity contribution in [3.05, 3.63) is 59.7 Å². The Bertz CT molecular complexity index is 871. The van der Waals surface area contributed by atoms with Gasteiger partial charge in [-0.1, -0.05) is 31.2 Å². The molecule has 1 heterocycles. The average molecular weight is 411 g/mol. The van der Waals surface area contributed by atoms with Crippen molar-refractivity contribution < 1.29 is 19.1 Å². The number of amides is 2. The molecular formula is C24H30N2O4. The first-order valence-electron chi connectivity index (χ1n) is 10.3. The van der Waals surface area contributed by atoms with Crippen molar-refractivity contribution in [1.82, 2.24) is 10.2 Å². The molecule has 6 nitrogen and oxygen atoms in total. The maximum absolute atomic E-state index is 12.8. The van der Waals surface area contributed by atoms with Gasteiger partial charge < -0.3 is 19.7 Å². The molecule has 0 bridgehead atoms. The Kier molecular flexibility index (Phi) is 6.98. The van der Waals surface area contributed by atoms with E-state index < -0.39 is 5.41 Å². The lowest BCUT2D eigenvalue weighted by Gasteiger charge is -2.38. The number of carbonyl (C=O) groups is 2. The van der Waals surface area contributed by atoms with Crippen LogP contribution in [0.15, 0.2) is 48.5 Å². The summed E-state index contributed by atoms with van der Waals surface area (Å²) >= 11 is 0.